The van der Waals surface area contributed by atoms with E-state index in [4.69, 9.17) is 5.11 Å². The highest BCUT2D eigenvalue weighted by Crippen LogP contribution is 2.27. The van der Waals surface area contributed by atoms with Crippen LogP contribution in [0.1, 0.15) is 24.6 Å². The minimum Gasteiger partial charge on any atom is -0.480 e. The lowest BCUT2D eigenvalue weighted by atomic mass is 10.0. The maximum Gasteiger partial charge on any atom is 0.317 e. The van der Waals surface area contributed by atoms with Crippen molar-refractivity contribution in [2.24, 2.45) is 0 Å². The molecule has 1 saturated heterocycles. The van der Waals surface area contributed by atoms with E-state index >= 15 is 0 Å². The first-order valence-corrected chi connectivity index (χ1v) is 9.62. The summed E-state index contributed by atoms with van der Waals surface area (Å²) in [4.78, 5) is 13.8. The highest BCUT2D eigenvalue weighted by Gasteiger charge is 2.32. The molecule has 1 N–H and O–H groups in total. The number of piperidine rings is 1. The van der Waals surface area contributed by atoms with E-state index in [9.17, 15) is 13.2 Å². The van der Waals surface area contributed by atoms with E-state index in [1.54, 1.807) is 6.07 Å². The molecule has 8 heteroatoms. The van der Waals surface area contributed by atoms with Crippen LogP contribution in [0.15, 0.2) is 16.3 Å². The molecule has 0 aliphatic carbocycles. The second-order valence-electron chi connectivity index (χ2n) is 5.46. The summed E-state index contributed by atoms with van der Waals surface area (Å²) in [7, 11) is -3.40. The van der Waals surface area contributed by atoms with Gasteiger partial charge in [-0.2, -0.15) is 4.31 Å². The van der Waals surface area contributed by atoms with E-state index in [0.29, 0.717) is 36.7 Å². The summed E-state index contributed by atoms with van der Waals surface area (Å²) in [5, 5.41) is 8.93. The number of rotatable bonds is 6. The van der Waals surface area contributed by atoms with Gasteiger partial charge in [-0.3, -0.25) is 9.69 Å². The maximum atomic E-state index is 12.6. The van der Waals surface area contributed by atoms with Gasteiger partial charge in [-0.1, -0.05) is 6.92 Å². The molecule has 6 nitrogen and oxygen atoms in total. The zero-order valence-corrected chi connectivity index (χ0v) is 14.5. The summed E-state index contributed by atoms with van der Waals surface area (Å²) in [6, 6.07) is 3.61. The highest BCUT2D eigenvalue weighted by atomic mass is 32.2. The Balaban J connectivity index is 2.01. The van der Waals surface area contributed by atoms with Crippen molar-refractivity contribution < 1.29 is 18.3 Å². The molecule has 0 aromatic carbocycles. The molecular formula is C14H22N2O4S2. The number of carboxylic acid groups (broad SMARTS) is 1. The van der Waals surface area contributed by atoms with Crippen LogP contribution in [0, 0.1) is 6.92 Å². The molecule has 1 fully saturated rings. The van der Waals surface area contributed by atoms with E-state index in [1.807, 2.05) is 24.8 Å². The normalized spacial score (nSPS) is 18.0. The summed E-state index contributed by atoms with van der Waals surface area (Å²) in [6.45, 7) is 5.38. The molecule has 2 rings (SSSR count). The monoisotopic (exact) mass is 346 g/mol. The molecular weight excluding hydrogens is 324 g/mol. The summed E-state index contributed by atoms with van der Waals surface area (Å²) in [6.07, 6.45) is 1.34. The fourth-order valence-corrected chi connectivity index (χ4v) is 5.71. The molecule has 0 atom stereocenters. The third-order valence-corrected chi connectivity index (χ3v) is 7.36. The topological polar surface area (TPSA) is 77.9 Å². The largest absolute Gasteiger partial charge is 0.480 e. The number of aliphatic carboxylic acids is 1. The number of carbonyl (C=O) groups is 1. The molecule has 1 aromatic rings. The number of hydrogen-bond donors (Lipinski definition) is 1. The fourth-order valence-electron chi connectivity index (χ4n) is 2.80. The fraction of sp³-hybridized carbons (Fsp3) is 0.643. The Hall–Kier alpha value is -0.960. The van der Waals surface area contributed by atoms with Crippen LogP contribution >= 0.6 is 11.3 Å². The highest BCUT2D eigenvalue weighted by molar-refractivity contribution is 7.91. The Kier molecular flexibility index (Phi) is 5.60. The minimum absolute atomic E-state index is 0.0119. The summed E-state index contributed by atoms with van der Waals surface area (Å²) in [5.41, 5.74) is 0. The number of carboxylic acids is 1. The predicted molar refractivity (Wildman–Crippen MR) is 85.7 cm³/mol. The standard InChI is InChI=1S/C14H22N2O4S2/c1-3-15(10-13(17)18)12-6-8-16(9-7-12)22(19,20)14-5-4-11(2)21-14/h4-5,12H,3,6-10H2,1-2H3,(H,17,18). The predicted octanol–water partition coefficient (Wildman–Crippen LogP) is 1.62. The summed E-state index contributed by atoms with van der Waals surface area (Å²) in [5.74, 6) is -0.842. The first-order valence-electron chi connectivity index (χ1n) is 7.37. The van der Waals surface area contributed by atoms with E-state index in [1.165, 1.54) is 15.6 Å². The zero-order chi connectivity index (χ0) is 16.3. The Morgan fingerprint density at radius 1 is 1.41 bits per heavy atom. The van der Waals surface area contributed by atoms with Crippen molar-refractivity contribution in [2.45, 2.75) is 36.9 Å². The smallest absolute Gasteiger partial charge is 0.317 e. The summed E-state index contributed by atoms with van der Waals surface area (Å²) >= 11 is 1.29. The molecule has 0 spiro atoms. The molecule has 124 valence electrons. The van der Waals surface area contributed by atoms with Crippen molar-refractivity contribution in [2.75, 3.05) is 26.2 Å². The van der Waals surface area contributed by atoms with Gasteiger partial charge in [-0.25, -0.2) is 8.42 Å². The van der Waals surface area contributed by atoms with E-state index in [-0.39, 0.29) is 12.6 Å². The van der Waals surface area contributed by atoms with Gasteiger partial charge in [0.1, 0.15) is 4.21 Å². The van der Waals surface area contributed by atoms with Gasteiger partial charge < -0.3 is 5.11 Å². The quantitative estimate of drug-likeness (QED) is 0.847. The van der Waals surface area contributed by atoms with Gasteiger partial charge in [-0.15, -0.1) is 11.3 Å². The van der Waals surface area contributed by atoms with Crippen LogP contribution in [0.2, 0.25) is 0 Å². The number of likely N-dealkylation sites (N-methyl/N-ethyl adjacent to an activating group) is 1. The first kappa shape index (κ1) is 17.4. The Morgan fingerprint density at radius 3 is 2.50 bits per heavy atom. The molecule has 0 amide bonds. The third kappa shape index (κ3) is 3.87. The SMILES string of the molecule is CCN(CC(=O)O)C1CCN(S(=O)(=O)c2ccc(C)s2)CC1. The van der Waals surface area contributed by atoms with Gasteiger partial charge in [0.25, 0.3) is 10.0 Å². The van der Waals surface area contributed by atoms with Crippen molar-refractivity contribution >= 4 is 27.3 Å². The summed E-state index contributed by atoms with van der Waals surface area (Å²) < 4.78 is 27.0. The van der Waals surface area contributed by atoms with E-state index in [0.717, 1.165) is 4.88 Å². The third-order valence-electron chi connectivity index (χ3n) is 3.99. The average Bonchev–Trinajstić information content (AvgIpc) is 2.92. The van der Waals surface area contributed by atoms with Crippen molar-refractivity contribution in [3.8, 4) is 0 Å². The molecule has 22 heavy (non-hydrogen) atoms. The first-order chi connectivity index (χ1) is 10.3. The van der Waals surface area contributed by atoms with Crippen LogP contribution in [0.3, 0.4) is 0 Å². The molecule has 0 saturated carbocycles. The zero-order valence-electron chi connectivity index (χ0n) is 12.9. The minimum atomic E-state index is -3.40. The van der Waals surface area contributed by atoms with Crippen LogP contribution in [0.25, 0.3) is 0 Å². The molecule has 2 heterocycles. The molecule has 1 aliphatic rings. The molecule has 0 unspecified atom stereocenters. The number of nitrogens with zero attached hydrogens (tertiary/aromatic N) is 2. The van der Waals surface area contributed by atoms with Crippen LogP contribution in [-0.2, 0) is 14.8 Å². The number of aryl methyl sites for hydroxylation is 1. The Morgan fingerprint density at radius 2 is 2.05 bits per heavy atom. The lowest BCUT2D eigenvalue weighted by Gasteiger charge is -2.36. The van der Waals surface area contributed by atoms with E-state index in [2.05, 4.69) is 0 Å². The molecule has 0 radical (unpaired) electrons. The van der Waals surface area contributed by atoms with Crippen LogP contribution in [0.5, 0.6) is 0 Å². The van der Waals surface area contributed by atoms with Gasteiger partial charge in [0, 0.05) is 24.0 Å². The van der Waals surface area contributed by atoms with E-state index < -0.39 is 16.0 Å². The second-order valence-corrected chi connectivity index (χ2v) is 8.91. The second kappa shape index (κ2) is 7.08. The molecule has 1 aromatic heterocycles. The Labute approximate surface area is 135 Å². The van der Waals surface area contributed by atoms with Crippen LogP contribution in [-0.4, -0.2) is 60.9 Å². The van der Waals surface area contributed by atoms with Gasteiger partial charge in [0.05, 0.1) is 6.54 Å². The van der Waals surface area contributed by atoms with Gasteiger partial charge >= 0.3 is 5.97 Å². The van der Waals surface area contributed by atoms with Gasteiger partial charge in [0.15, 0.2) is 0 Å². The van der Waals surface area contributed by atoms with Gasteiger partial charge in [0.2, 0.25) is 0 Å². The van der Waals surface area contributed by atoms with Crippen LogP contribution in [0.4, 0.5) is 0 Å². The molecule has 0 bridgehead atoms. The van der Waals surface area contributed by atoms with Crippen LogP contribution < -0.4 is 0 Å². The number of sulfonamides is 1. The average molecular weight is 346 g/mol. The van der Waals surface area contributed by atoms with Crippen molar-refractivity contribution in [3.63, 3.8) is 0 Å². The van der Waals surface area contributed by atoms with Crippen molar-refractivity contribution in [1.29, 1.82) is 0 Å². The number of thiophene rings is 1. The lowest BCUT2D eigenvalue weighted by Crippen LogP contribution is -2.47. The van der Waals surface area contributed by atoms with Crippen molar-refractivity contribution in [3.05, 3.63) is 17.0 Å². The Bertz CT molecular complexity index is 619. The van der Waals surface area contributed by atoms with Gasteiger partial charge in [-0.05, 0) is 38.4 Å². The lowest BCUT2D eigenvalue weighted by molar-refractivity contribution is -0.139. The maximum absolute atomic E-state index is 12.6. The van der Waals surface area contributed by atoms with Crippen molar-refractivity contribution in [1.82, 2.24) is 9.21 Å². The molecule has 1 aliphatic heterocycles. The number of hydrogen-bond acceptors (Lipinski definition) is 5.